The van der Waals surface area contributed by atoms with Crippen molar-refractivity contribution in [3.8, 4) is 22.9 Å². The van der Waals surface area contributed by atoms with E-state index >= 15 is 0 Å². The molecule has 178 valence electrons. The van der Waals surface area contributed by atoms with Crippen LogP contribution in [0.25, 0.3) is 22.3 Å². The second-order valence-electron chi connectivity index (χ2n) is 7.40. The molecule has 0 radical (unpaired) electrons. The van der Waals surface area contributed by atoms with Crippen molar-refractivity contribution in [1.29, 1.82) is 0 Å². The molecule has 0 spiro atoms. The molecule has 4 aromatic rings. The third-order valence-corrected chi connectivity index (χ3v) is 7.26. The molecular weight excluding hydrogens is 582 g/mol. The number of para-hydroxylation sites is 1. The van der Waals surface area contributed by atoms with E-state index in [9.17, 15) is 14.7 Å². The van der Waals surface area contributed by atoms with Gasteiger partial charge in [0.1, 0.15) is 0 Å². The topological polar surface area (TPSA) is 103 Å². The van der Waals surface area contributed by atoms with E-state index in [1.165, 1.54) is 24.9 Å². The van der Waals surface area contributed by atoms with Crippen molar-refractivity contribution in [2.45, 2.75) is 13.0 Å². The fourth-order valence-electron chi connectivity index (χ4n) is 3.31. The van der Waals surface area contributed by atoms with Crippen LogP contribution < -0.4 is 15.0 Å². The van der Waals surface area contributed by atoms with E-state index in [1.807, 2.05) is 36.4 Å². The number of aliphatic carboxylic acids is 1. The van der Waals surface area contributed by atoms with E-state index in [0.717, 1.165) is 5.56 Å². The summed E-state index contributed by atoms with van der Waals surface area (Å²) in [5, 5.41) is 14.1. The number of methoxy groups -OCH3 is 1. The zero-order valence-corrected chi connectivity index (χ0v) is 21.8. The molecule has 0 amide bonds. The molecule has 10 heteroatoms. The molecule has 8 nitrogen and oxygen atoms in total. The normalized spacial score (nSPS) is 12.1. The van der Waals surface area contributed by atoms with Gasteiger partial charge in [-0.25, -0.2) is 9.78 Å². The monoisotopic (exact) mass is 599 g/mol. The van der Waals surface area contributed by atoms with E-state index in [4.69, 9.17) is 9.47 Å². The molecule has 1 atom stereocenters. The molecule has 4 rings (SSSR count). The van der Waals surface area contributed by atoms with E-state index in [1.54, 1.807) is 24.3 Å². The molecule has 0 aliphatic carbocycles. The summed E-state index contributed by atoms with van der Waals surface area (Å²) in [5.74, 6) is -0.205. The first-order valence-corrected chi connectivity index (χ1v) is 12.0. The summed E-state index contributed by atoms with van der Waals surface area (Å²) in [4.78, 5) is 29.3. The van der Waals surface area contributed by atoms with Gasteiger partial charge < -0.3 is 14.6 Å². The molecule has 0 saturated carbocycles. The predicted octanol–water partition coefficient (Wildman–Crippen LogP) is 5.33. The first-order chi connectivity index (χ1) is 16.8. The SMILES string of the molecule is COc1cc(C=Nn2c(-c3ccccc3)nc3ccccc3c2=O)c(Br)c(Br)c1O[C@@H](C)C(=O)O. The third-order valence-electron chi connectivity index (χ3n) is 5.12. The van der Waals surface area contributed by atoms with Gasteiger partial charge >= 0.3 is 5.97 Å². The maximum Gasteiger partial charge on any atom is 0.344 e. The number of halogens is 2. The predicted molar refractivity (Wildman–Crippen MR) is 141 cm³/mol. The molecule has 1 aromatic heterocycles. The van der Waals surface area contributed by atoms with Gasteiger partial charge in [0.2, 0.25) is 0 Å². The average Bonchev–Trinajstić information content (AvgIpc) is 2.87. The fourth-order valence-corrected chi connectivity index (χ4v) is 4.23. The number of aromatic nitrogens is 2. The molecule has 35 heavy (non-hydrogen) atoms. The standard InChI is InChI=1S/C25H19Br2N3O5/c1-14(25(32)33)35-22-19(34-2)12-16(20(26)21(22)27)13-28-30-23(15-8-4-3-5-9-15)29-18-11-7-6-10-17(18)24(30)31/h3-14H,1-2H3,(H,32,33)/t14-/m0/s1. The number of fused-ring (bicyclic) bond motifs is 1. The highest BCUT2D eigenvalue weighted by Gasteiger charge is 2.22. The van der Waals surface area contributed by atoms with Crippen LogP contribution in [0.4, 0.5) is 0 Å². The molecule has 0 saturated heterocycles. The van der Waals surface area contributed by atoms with Crippen molar-refractivity contribution in [3.05, 3.63) is 85.5 Å². The highest BCUT2D eigenvalue weighted by atomic mass is 79.9. The van der Waals surface area contributed by atoms with E-state index < -0.39 is 12.1 Å². The lowest BCUT2D eigenvalue weighted by molar-refractivity contribution is -0.144. The van der Waals surface area contributed by atoms with Crippen LogP contribution in [-0.4, -0.2) is 40.2 Å². The Hall–Kier alpha value is -3.50. The van der Waals surface area contributed by atoms with Crippen molar-refractivity contribution in [2.24, 2.45) is 5.10 Å². The molecule has 0 fully saturated rings. The number of benzene rings is 3. The number of carboxylic acids is 1. The lowest BCUT2D eigenvalue weighted by atomic mass is 10.2. The number of hydrogen-bond donors (Lipinski definition) is 1. The minimum atomic E-state index is -1.11. The Morgan fingerprint density at radius 2 is 1.80 bits per heavy atom. The number of carboxylic acid groups (broad SMARTS) is 1. The molecule has 0 unspecified atom stereocenters. The highest BCUT2D eigenvalue weighted by molar-refractivity contribution is 9.13. The van der Waals surface area contributed by atoms with Crippen LogP contribution >= 0.6 is 31.9 Å². The van der Waals surface area contributed by atoms with Gasteiger partial charge in [0.15, 0.2) is 23.4 Å². The van der Waals surface area contributed by atoms with Crippen molar-refractivity contribution >= 4 is 54.9 Å². The Labute approximate surface area is 217 Å². The second-order valence-corrected chi connectivity index (χ2v) is 8.99. The summed E-state index contributed by atoms with van der Waals surface area (Å²) in [6.45, 7) is 1.42. The zero-order valence-electron chi connectivity index (χ0n) is 18.6. The number of nitrogens with zero attached hydrogens (tertiary/aromatic N) is 3. The second kappa shape index (κ2) is 10.4. The van der Waals surface area contributed by atoms with Crippen LogP contribution in [0.1, 0.15) is 12.5 Å². The quantitative estimate of drug-likeness (QED) is 0.288. The summed E-state index contributed by atoms with van der Waals surface area (Å²) in [6, 6.07) is 18.0. The Kier molecular flexibility index (Phi) is 7.32. The highest BCUT2D eigenvalue weighted by Crippen LogP contribution is 2.42. The number of rotatable bonds is 7. The van der Waals surface area contributed by atoms with Gasteiger partial charge in [0.25, 0.3) is 5.56 Å². The summed E-state index contributed by atoms with van der Waals surface area (Å²) < 4.78 is 13.2. The van der Waals surface area contributed by atoms with Crippen molar-refractivity contribution < 1.29 is 19.4 Å². The minimum Gasteiger partial charge on any atom is -0.493 e. The van der Waals surface area contributed by atoms with Crippen molar-refractivity contribution in [3.63, 3.8) is 0 Å². The minimum absolute atomic E-state index is 0.223. The van der Waals surface area contributed by atoms with E-state index in [0.29, 0.717) is 37.0 Å². The van der Waals surface area contributed by atoms with Crippen LogP contribution in [0.5, 0.6) is 11.5 Å². The Balaban J connectivity index is 1.86. The van der Waals surface area contributed by atoms with Gasteiger partial charge in [-0.2, -0.15) is 9.78 Å². The third kappa shape index (κ3) is 4.98. The number of hydrogen-bond acceptors (Lipinski definition) is 6. The molecule has 0 aliphatic heterocycles. The summed E-state index contributed by atoms with van der Waals surface area (Å²) in [7, 11) is 1.44. The Morgan fingerprint density at radius 3 is 2.49 bits per heavy atom. The molecule has 1 N–H and O–H groups in total. The lowest BCUT2D eigenvalue weighted by Gasteiger charge is -2.17. The maximum absolute atomic E-state index is 13.3. The van der Waals surface area contributed by atoms with Crippen LogP contribution in [-0.2, 0) is 4.79 Å². The van der Waals surface area contributed by atoms with Gasteiger partial charge in [-0.05, 0) is 57.0 Å². The van der Waals surface area contributed by atoms with E-state index in [2.05, 4.69) is 41.9 Å². The van der Waals surface area contributed by atoms with Crippen molar-refractivity contribution in [1.82, 2.24) is 9.66 Å². The van der Waals surface area contributed by atoms with Crippen LogP contribution in [0.2, 0.25) is 0 Å². The molecular formula is C25H19Br2N3O5. The average molecular weight is 601 g/mol. The van der Waals surface area contributed by atoms with Gasteiger partial charge in [-0.3, -0.25) is 4.79 Å². The van der Waals surface area contributed by atoms with Crippen LogP contribution in [0, 0.1) is 0 Å². The molecule has 0 bridgehead atoms. The Morgan fingerprint density at radius 1 is 1.11 bits per heavy atom. The smallest absolute Gasteiger partial charge is 0.344 e. The summed E-state index contributed by atoms with van der Waals surface area (Å²) in [6.07, 6.45) is 0.397. The molecule has 1 heterocycles. The van der Waals surface area contributed by atoms with Crippen molar-refractivity contribution in [2.75, 3.05) is 7.11 Å². The van der Waals surface area contributed by atoms with Gasteiger partial charge in [0, 0.05) is 15.6 Å². The molecule has 3 aromatic carbocycles. The maximum atomic E-state index is 13.3. The largest absolute Gasteiger partial charge is 0.493 e. The van der Waals surface area contributed by atoms with Crippen LogP contribution in [0.15, 0.2) is 79.5 Å². The summed E-state index contributed by atoms with van der Waals surface area (Å²) in [5.41, 5.74) is 1.55. The van der Waals surface area contributed by atoms with Gasteiger partial charge in [-0.1, -0.05) is 42.5 Å². The Bertz CT molecular complexity index is 1500. The first-order valence-electron chi connectivity index (χ1n) is 10.4. The number of carbonyl (C=O) groups is 1. The fraction of sp³-hybridized carbons (Fsp3) is 0.120. The van der Waals surface area contributed by atoms with Crippen LogP contribution in [0.3, 0.4) is 0 Å². The summed E-state index contributed by atoms with van der Waals surface area (Å²) >= 11 is 6.93. The zero-order chi connectivity index (χ0) is 25.1. The number of ether oxygens (including phenoxy) is 2. The first kappa shape index (κ1) is 24.6. The lowest BCUT2D eigenvalue weighted by Crippen LogP contribution is -2.23. The van der Waals surface area contributed by atoms with Gasteiger partial charge in [0.05, 0.1) is 28.7 Å². The van der Waals surface area contributed by atoms with E-state index in [-0.39, 0.29) is 11.3 Å². The van der Waals surface area contributed by atoms with Gasteiger partial charge in [-0.15, -0.1) is 0 Å². The molecule has 0 aliphatic rings.